The zero-order valence-corrected chi connectivity index (χ0v) is 29.6. The van der Waals surface area contributed by atoms with Crippen molar-refractivity contribution in [3.63, 3.8) is 0 Å². The first kappa shape index (κ1) is 25.5. The van der Waals surface area contributed by atoms with Gasteiger partial charge in [-0.1, -0.05) is 135 Å². The standard InChI is InChI=1S/C48H32N4S/c1-48(2)37-20-11-9-18-32(37)35-27-36-33-19-10-12-21-39(33)52(41(36)28-38(35)48)40-22-13-23-42-44(40)34-25-24-31(26-43(34)53-42)47-50-45(29-14-5-3-6-15-29)49-46(51-47)30-16-7-4-8-17-30/h3-28H,1-2H3/i3D,5D,6D,14D,15D. The van der Waals surface area contributed by atoms with Crippen LogP contribution < -0.4 is 0 Å². The summed E-state index contributed by atoms with van der Waals surface area (Å²) in [7, 11) is 0. The third kappa shape index (κ3) is 4.51. The second kappa shape index (κ2) is 11.3. The number of nitrogens with zero attached hydrogens (tertiary/aromatic N) is 4. The van der Waals surface area contributed by atoms with Crippen LogP contribution in [0, 0.1) is 0 Å². The van der Waals surface area contributed by atoms with Gasteiger partial charge in [-0.05, 0) is 58.7 Å². The van der Waals surface area contributed by atoms with Crippen LogP contribution in [0.4, 0.5) is 0 Å². The molecule has 3 aromatic heterocycles. The molecule has 11 rings (SSSR count). The molecule has 0 saturated carbocycles. The average molecular weight is 702 g/mol. The molecule has 1 aliphatic carbocycles. The third-order valence-corrected chi connectivity index (χ3v) is 11.9. The molecule has 7 aromatic carbocycles. The number of rotatable bonds is 4. The first-order chi connectivity index (χ1) is 28.1. The van der Waals surface area contributed by atoms with E-state index in [-0.39, 0.29) is 28.9 Å². The Labute approximate surface area is 317 Å². The maximum atomic E-state index is 8.69. The van der Waals surface area contributed by atoms with Crippen molar-refractivity contribution in [3.05, 3.63) is 169 Å². The summed E-state index contributed by atoms with van der Waals surface area (Å²) >= 11 is 1.70. The SMILES string of the molecule is [2H]c1c([2H])c([2H])c(-c2nc(-c3ccccc3)nc(-c3ccc4c(c3)sc3cccc(-n5c6ccccc6c6cc7c(cc65)C(C)(C)c5ccccc5-7)c34)n2)c([2H])c1[2H]. The van der Waals surface area contributed by atoms with Crippen LogP contribution in [-0.2, 0) is 5.41 Å². The van der Waals surface area contributed by atoms with Crippen molar-refractivity contribution in [3.8, 4) is 51.0 Å². The van der Waals surface area contributed by atoms with E-state index in [9.17, 15) is 0 Å². The van der Waals surface area contributed by atoms with Crippen LogP contribution in [0.25, 0.3) is 93.0 Å². The molecule has 0 bridgehead atoms. The number of thiophene rings is 1. The number of hydrogen-bond donors (Lipinski definition) is 0. The molecule has 53 heavy (non-hydrogen) atoms. The first-order valence-corrected chi connectivity index (χ1v) is 18.4. The molecule has 0 N–H and O–H groups in total. The molecule has 10 aromatic rings. The molecule has 250 valence electrons. The van der Waals surface area contributed by atoms with E-state index in [0.29, 0.717) is 11.6 Å². The summed E-state index contributed by atoms with van der Waals surface area (Å²) in [5.41, 5.74) is 9.93. The predicted molar refractivity (Wildman–Crippen MR) is 221 cm³/mol. The number of fused-ring (bicyclic) bond motifs is 9. The molecule has 5 heteroatoms. The van der Waals surface area contributed by atoms with Crippen LogP contribution in [0.3, 0.4) is 0 Å². The van der Waals surface area contributed by atoms with Crippen molar-refractivity contribution in [1.29, 1.82) is 0 Å². The molecular weight excluding hydrogens is 665 g/mol. The molecule has 0 fully saturated rings. The fraction of sp³-hybridized carbons (Fsp3) is 0.0625. The van der Waals surface area contributed by atoms with Gasteiger partial charge >= 0.3 is 0 Å². The normalized spacial score (nSPS) is 14.6. The van der Waals surface area contributed by atoms with Gasteiger partial charge in [0, 0.05) is 53.1 Å². The molecule has 0 saturated heterocycles. The smallest absolute Gasteiger partial charge is 0.164 e. The van der Waals surface area contributed by atoms with E-state index in [0.717, 1.165) is 42.5 Å². The summed E-state index contributed by atoms with van der Waals surface area (Å²) in [6.45, 7) is 4.65. The second-order valence-corrected chi connectivity index (χ2v) is 15.2. The molecular formula is C48H32N4S. The Morgan fingerprint density at radius 2 is 1.26 bits per heavy atom. The first-order valence-electron chi connectivity index (χ1n) is 20.1. The highest BCUT2D eigenvalue weighted by molar-refractivity contribution is 7.26. The Bertz CT molecular complexity index is 3360. The minimum absolute atomic E-state index is 0.0173. The van der Waals surface area contributed by atoms with Crippen LogP contribution in [0.15, 0.2) is 158 Å². The molecule has 0 atom stereocenters. The van der Waals surface area contributed by atoms with E-state index in [4.69, 9.17) is 16.8 Å². The molecule has 4 nitrogen and oxygen atoms in total. The number of aromatic nitrogens is 4. The minimum Gasteiger partial charge on any atom is -0.309 e. The molecule has 0 amide bonds. The van der Waals surface area contributed by atoms with E-state index >= 15 is 0 Å². The number of hydrogen-bond acceptors (Lipinski definition) is 4. The lowest BCUT2D eigenvalue weighted by molar-refractivity contribution is 0.661. The Morgan fingerprint density at radius 1 is 0.528 bits per heavy atom. The van der Waals surface area contributed by atoms with E-state index in [1.165, 1.54) is 38.5 Å². The lowest BCUT2D eigenvalue weighted by atomic mass is 9.82. The van der Waals surface area contributed by atoms with Crippen LogP contribution in [0.2, 0.25) is 0 Å². The predicted octanol–water partition coefficient (Wildman–Crippen LogP) is 12.6. The highest BCUT2D eigenvalue weighted by atomic mass is 32.1. The summed E-state index contributed by atoms with van der Waals surface area (Å²) in [5.74, 6) is 0.703. The van der Waals surface area contributed by atoms with Gasteiger partial charge in [-0.2, -0.15) is 0 Å². The van der Waals surface area contributed by atoms with Gasteiger partial charge in [0.05, 0.1) is 23.6 Å². The Morgan fingerprint density at radius 3 is 2.11 bits per heavy atom. The summed E-state index contributed by atoms with van der Waals surface area (Å²) < 4.78 is 46.8. The van der Waals surface area contributed by atoms with E-state index < -0.39 is 18.1 Å². The van der Waals surface area contributed by atoms with Crippen molar-refractivity contribution < 1.29 is 6.85 Å². The maximum Gasteiger partial charge on any atom is 0.164 e. The molecule has 0 spiro atoms. The minimum atomic E-state index is -0.467. The van der Waals surface area contributed by atoms with Crippen molar-refractivity contribution in [2.24, 2.45) is 0 Å². The van der Waals surface area contributed by atoms with Crippen molar-refractivity contribution in [2.75, 3.05) is 0 Å². The van der Waals surface area contributed by atoms with Crippen LogP contribution in [0.1, 0.15) is 31.8 Å². The summed E-state index contributed by atoms with van der Waals surface area (Å²) in [5, 5.41) is 4.68. The van der Waals surface area contributed by atoms with Gasteiger partial charge in [0.25, 0.3) is 0 Å². The zero-order valence-electron chi connectivity index (χ0n) is 33.8. The highest BCUT2D eigenvalue weighted by Crippen LogP contribution is 2.51. The zero-order chi connectivity index (χ0) is 39.6. The van der Waals surface area contributed by atoms with Gasteiger partial charge in [0.1, 0.15) is 0 Å². The van der Waals surface area contributed by atoms with Gasteiger partial charge in [-0.3, -0.25) is 0 Å². The van der Waals surface area contributed by atoms with Crippen LogP contribution >= 0.6 is 11.3 Å². The summed E-state index contributed by atoms with van der Waals surface area (Å²) in [6.07, 6.45) is 0. The average Bonchev–Trinajstić information content (AvgIpc) is 3.86. The molecule has 1 aliphatic rings. The second-order valence-electron chi connectivity index (χ2n) is 14.1. The van der Waals surface area contributed by atoms with Gasteiger partial charge in [-0.25, -0.2) is 15.0 Å². The monoisotopic (exact) mass is 701 g/mol. The Hall–Kier alpha value is -6.43. The largest absolute Gasteiger partial charge is 0.309 e. The lowest BCUT2D eigenvalue weighted by Crippen LogP contribution is -2.14. The fourth-order valence-corrected chi connectivity index (χ4v) is 9.42. The quantitative estimate of drug-likeness (QED) is 0.183. The molecule has 0 unspecified atom stereocenters. The summed E-state index contributed by atoms with van der Waals surface area (Å²) in [4.78, 5) is 14.3. The third-order valence-electron chi connectivity index (χ3n) is 10.7. The van der Waals surface area contributed by atoms with E-state index in [1.807, 2.05) is 36.4 Å². The molecule has 0 aliphatic heterocycles. The van der Waals surface area contributed by atoms with Crippen molar-refractivity contribution in [1.82, 2.24) is 19.5 Å². The number of benzene rings is 7. The van der Waals surface area contributed by atoms with E-state index in [1.54, 1.807) is 11.3 Å². The topological polar surface area (TPSA) is 43.6 Å². The fourth-order valence-electron chi connectivity index (χ4n) is 8.25. The number of para-hydroxylation sites is 1. The van der Waals surface area contributed by atoms with Gasteiger partial charge in [0.2, 0.25) is 0 Å². The highest BCUT2D eigenvalue weighted by Gasteiger charge is 2.36. The van der Waals surface area contributed by atoms with Crippen molar-refractivity contribution >= 4 is 53.3 Å². The summed E-state index contributed by atoms with van der Waals surface area (Å²) in [6, 6.07) is 42.3. The molecule has 0 radical (unpaired) electrons. The van der Waals surface area contributed by atoms with Crippen LogP contribution in [0.5, 0.6) is 0 Å². The maximum absolute atomic E-state index is 8.69. The van der Waals surface area contributed by atoms with Gasteiger partial charge in [0.15, 0.2) is 17.5 Å². The van der Waals surface area contributed by atoms with Crippen LogP contribution in [-0.4, -0.2) is 19.5 Å². The van der Waals surface area contributed by atoms with Gasteiger partial charge < -0.3 is 4.57 Å². The molecule has 3 heterocycles. The Kier molecular flexibility index (Phi) is 5.43. The van der Waals surface area contributed by atoms with E-state index in [2.05, 4.69) is 114 Å². The van der Waals surface area contributed by atoms with Gasteiger partial charge in [-0.15, -0.1) is 11.3 Å². The van der Waals surface area contributed by atoms with Crippen molar-refractivity contribution in [2.45, 2.75) is 19.3 Å². The lowest BCUT2D eigenvalue weighted by Gasteiger charge is -2.21. The Balaban J connectivity index is 1.12.